The van der Waals surface area contributed by atoms with Crippen LogP contribution in [0.2, 0.25) is 0 Å². The minimum Gasteiger partial charge on any atom is -0.459 e. The first kappa shape index (κ1) is 61.6. The lowest BCUT2D eigenvalue weighted by atomic mass is 9.52. The third-order valence-electron chi connectivity index (χ3n) is 22.8. The summed E-state index contributed by atoms with van der Waals surface area (Å²) in [4.78, 5) is 72.5. The second-order valence-corrected chi connectivity index (χ2v) is 29.6. The summed E-state index contributed by atoms with van der Waals surface area (Å²) in [5.74, 6) is 5.79. The molecule has 0 aromatic heterocycles. The number of ketones is 1. The van der Waals surface area contributed by atoms with Gasteiger partial charge in [-0.1, -0.05) is 41.5 Å². The molecule has 438 valence electrons. The lowest BCUT2D eigenvalue weighted by Gasteiger charge is -2.59. The van der Waals surface area contributed by atoms with Crippen molar-refractivity contribution in [1.82, 2.24) is 0 Å². The van der Waals surface area contributed by atoms with Crippen LogP contribution in [0.15, 0.2) is 0 Å². The Labute approximate surface area is 464 Å². The number of fused-ring (bicyclic) bond motifs is 10. The van der Waals surface area contributed by atoms with Gasteiger partial charge in [-0.05, 0) is 244 Å². The Bertz CT molecular complexity index is 2130. The smallest absolute Gasteiger partial charge is 0.344 e. The molecule has 8 bridgehead atoms. The van der Waals surface area contributed by atoms with Crippen LogP contribution >= 0.6 is 0 Å². The monoisotopic (exact) mass is 1080 g/mol. The van der Waals surface area contributed by atoms with Crippen LogP contribution in [0.5, 0.6) is 0 Å². The standard InChI is InChI=1S/C20H32O2.C16H24O5.C16H26O3.C13H24O2/c1-5-19(3,4)18(21)22-20(6-2)11-14-10-15(20)17-13-8-7-12(9-13)16(14)17;1-4-15(2,3)14(19)20-10-13(18)21-16-7-5-6-11(16)8-12(17)9-16;1-4-14(2,3)13(17)19-16-8-11-5-12(9-16)7-15(18,6-11)10-16;1-5-12(3,4)11(14)15-13(6-2)9-7-8-10-13/h12-17H,5-11H2,1-4H3;11H,4-10H2,1-3H3;11-12,18H,4-10H2,1-3H3;5-10H2,1-4H3. The van der Waals surface area contributed by atoms with Gasteiger partial charge in [0.1, 0.15) is 28.2 Å². The molecule has 0 heterocycles. The van der Waals surface area contributed by atoms with Gasteiger partial charge < -0.3 is 28.8 Å². The minimum atomic E-state index is -0.624. The molecule has 11 fully saturated rings. The Morgan fingerprint density at radius 3 is 1.62 bits per heavy atom. The van der Waals surface area contributed by atoms with Gasteiger partial charge in [0.15, 0.2) is 6.61 Å². The van der Waals surface area contributed by atoms with Crippen molar-refractivity contribution in [2.75, 3.05) is 6.61 Å². The van der Waals surface area contributed by atoms with Crippen LogP contribution in [0.1, 0.15) is 264 Å². The third kappa shape index (κ3) is 12.9. The molecule has 0 spiro atoms. The molecule has 0 aromatic rings. The van der Waals surface area contributed by atoms with E-state index in [0.717, 1.165) is 126 Å². The van der Waals surface area contributed by atoms with E-state index >= 15 is 0 Å². The highest BCUT2D eigenvalue weighted by atomic mass is 16.6. The van der Waals surface area contributed by atoms with Crippen LogP contribution < -0.4 is 0 Å². The van der Waals surface area contributed by atoms with Gasteiger partial charge in [0.05, 0.1) is 27.3 Å². The number of rotatable bonds is 16. The van der Waals surface area contributed by atoms with Gasteiger partial charge in [-0.25, -0.2) is 4.79 Å². The van der Waals surface area contributed by atoms with E-state index in [0.29, 0.717) is 43.4 Å². The van der Waals surface area contributed by atoms with Crippen molar-refractivity contribution < 1.29 is 57.6 Å². The molecule has 12 nitrogen and oxygen atoms in total. The van der Waals surface area contributed by atoms with E-state index in [1.54, 1.807) is 13.8 Å². The molecule has 0 aromatic carbocycles. The Morgan fingerprint density at radius 1 is 0.558 bits per heavy atom. The predicted molar refractivity (Wildman–Crippen MR) is 297 cm³/mol. The summed E-state index contributed by atoms with van der Waals surface area (Å²) in [5.41, 5.74) is -3.47. The van der Waals surface area contributed by atoms with Gasteiger partial charge in [-0.15, -0.1) is 0 Å². The highest BCUT2D eigenvalue weighted by Crippen LogP contribution is 2.71. The van der Waals surface area contributed by atoms with E-state index in [-0.39, 0.29) is 63.8 Å². The van der Waals surface area contributed by atoms with Gasteiger partial charge in [0, 0.05) is 31.1 Å². The molecule has 11 aliphatic carbocycles. The Kier molecular flexibility index (Phi) is 18.5. The number of aliphatic hydroxyl groups is 1. The number of hydrogen-bond acceptors (Lipinski definition) is 12. The highest BCUT2D eigenvalue weighted by Gasteiger charge is 2.68. The number of Topliss-reactive ketones (excluding diaryl/α,β-unsaturated/α-hetero) is 1. The maximum absolute atomic E-state index is 12.7. The van der Waals surface area contributed by atoms with Crippen molar-refractivity contribution in [2.24, 2.45) is 74.9 Å². The molecule has 12 heteroatoms. The summed E-state index contributed by atoms with van der Waals surface area (Å²) in [7, 11) is 0. The molecule has 11 aliphatic rings. The SMILES string of the molecule is CCC(C)(C)C(=O)OC1(CC)CC2CC1C1C3CCC(C3)C21.CCC(C)(C)C(=O)OC12CC3CC(CC(O)(C3)C1)C2.CCC(C)(C)C(=O)OCC(=O)OC12CCCC1CC(=O)C2.CCC1(OC(=O)C(C)(C)CC)CCCC1. The molecule has 11 atom stereocenters. The maximum atomic E-state index is 12.7. The number of carbonyl (C=O) groups excluding carboxylic acids is 6. The Hall–Kier alpha value is -3.02. The Morgan fingerprint density at radius 2 is 1.09 bits per heavy atom. The first-order valence-corrected chi connectivity index (χ1v) is 31.3. The van der Waals surface area contributed by atoms with Crippen molar-refractivity contribution in [3.63, 3.8) is 0 Å². The molecule has 11 rings (SSSR count). The number of carbonyl (C=O) groups is 6. The van der Waals surface area contributed by atoms with Gasteiger partial charge in [0.2, 0.25) is 0 Å². The third-order valence-corrected chi connectivity index (χ3v) is 22.8. The molecule has 0 amide bonds. The van der Waals surface area contributed by atoms with Crippen molar-refractivity contribution in [2.45, 2.75) is 292 Å². The molecular formula is C65H106O12. The summed E-state index contributed by atoms with van der Waals surface area (Å²) in [6.45, 7) is 27.5. The van der Waals surface area contributed by atoms with Crippen LogP contribution in [0.3, 0.4) is 0 Å². The highest BCUT2D eigenvalue weighted by molar-refractivity contribution is 5.84. The molecular weight excluding hydrogens is 973 g/mol. The summed E-state index contributed by atoms with van der Waals surface area (Å²) >= 11 is 0. The maximum Gasteiger partial charge on any atom is 0.344 e. The average molecular weight is 1080 g/mol. The lowest BCUT2D eigenvalue weighted by molar-refractivity contribution is -0.225. The normalized spacial score (nSPS) is 36.6. The van der Waals surface area contributed by atoms with Crippen LogP contribution in [-0.4, -0.2) is 75.3 Å². The summed E-state index contributed by atoms with van der Waals surface area (Å²) < 4.78 is 28.6. The molecule has 0 saturated heterocycles. The van der Waals surface area contributed by atoms with Crippen molar-refractivity contribution in [1.29, 1.82) is 0 Å². The predicted octanol–water partition coefficient (Wildman–Crippen LogP) is 14.0. The fourth-order valence-electron chi connectivity index (χ4n) is 16.7. The zero-order chi connectivity index (χ0) is 56.8. The molecule has 77 heavy (non-hydrogen) atoms. The molecule has 11 unspecified atom stereocenters. The number of hydrogen-bond donors (Lipinski definition) is 1. The van der Waals surface area contributed by atoms with E-state index in [4.69, 9.17) is 23.7 Å². The van der Waals surface area contributed by atoms with E-state index in [1.165, 1.54) is 44.9 Å². The van der Waals surface area contributed by atoms with E-state index in [1.807, 2.05) is 62.3 Å². The molecule has 11 saturated carbocycles. The van der Waals surface area contributed by atoms with Crippen molar-refractivity contribution in [3.8, 4) is 0 Å². The molecule has 1 N–H and O–H groups in total. The quantitative estimate of drug-likeness (QED) is 0.0883. The number of esters is 5. The largest absolute Gasteiger partial charge is 0.459 e. The summed E-state index contributed by atoms with van der Waals surface area (Å²) in [6.07, 6.45) is 25.7. The average Bonchev–Trinajstić information content (AvgIpc) is 4.31. The van der Waals surface area contributed by atoms with Gasteiger partial charge in [0.25, 0.3) is 0 Å². The summed E-state index contributed by atoms with van der Waals surface area (Å²) in [6, 6.07) is 0. The number of ether oxygens (including phenoxy) is 5. The van der Waals surface area contributed by atoms with Crippen molar-refractivity contribution in [3.05, 3.63) is 0 Å². The molecule has 0 radical (unpaired) electrons. The van der Waals surface area contributed by atoms with Crippen LogP contribution in [0, 0.1) is 74.9 Å². The van der Waals surface area contributed by atoms with E-state index in [9.17, 15) is 33.9 Å². The van der Waals surface area contributed by atoms with Gasteiger partial charge in [-0.2, -0.15) is 0 Å². The van der Waals surface area contributed by atoms with E-state index in [2.05, 4.69) is 20.8 Å². The zero-order valence-electron chi connectivity index (χ0n) is 50.7. The van der Waals surface area contributed by atoms with Crippen LogP contribution in [0.25, 0.3) is 0 Å². The van der Waals surface area contributed by atoms with Gasteiger partial charge in [-0.3, -0.25) is 24.0 Å². The Balaban J connectivity index is 0.000000151. The van der Waals surface area contributed by atoms with Crippen molar-refractivity contribution >= 4 is 35.6 Å². The first-order chi connectivity index (χ1) is 35.9. The fourth-order valence-corrected chi connectivity index (χ4v) is 16.7. The van der Waals surface area contributed by atoms with E-state index < -0.39 is 34.0 Å². The zero-order valence-corrected chi connectivity index (χ0v) is 50.7. The lowest BCUT2D eigenvalue weighted by Crippen LogP contribution is -2.61. The fraction of sp³-hybridized carbons (Fsp3) is 0.908. The topological polar surface area (TPSA) is 169 Å². The van der Waals surface area contributed by atoms with Gasteiger partial charge >= 0.3 is 29.8 Å². The first-order valence-electron chi connectivity index (χ1n) is 31.3. The van der Waals surface area contributed by atoms with Crippen LogP contribution in [-0.2, 0) is 52.5 Å². The summed E-state index contributed by atoms with van der Waals surface area (Å²) in [5, 5.41) is 10.6. The second-order valence-electron chi connectivity index (χ2n) is 29.6. The second kappa shape index (κ2) is 23.1. The van der Waals surface area contributed by atoms with Crippen LogP contribution in [0.4, 0.5) is 0 Å². The minimum absolute atomic E-state index is 0.0197. The molecule has 0 aliphatic heterocycles.